The Hall–Kier alpha value is -0.370. The van der Waals surface area contributed by atoms with E-state index >= 15 is 0 Å². The zero-order valence-electron chi connectivity index (χ0n) is 8.16. The first-order chi connectivity index (χ1) is 6.76. The van der Waals surface area contributed by atoms with Crippen molar-refractivity contribution < 1.29 is 0 Å². The van der Waals surface area contributed by atoms with E-state index in [2.05, 4.69) is 46.0 Å². The monoisotopic (exact) mass is 272 g/mol. The SMILES string of the molecule is CCCN(CC#N)Cc1ccc(Br)s1. The highest BCUT2D eigenvalue weighted by molar-refractivity contribution is 9.11. The molecule has 0 aliphatic heterocycles. The lowest BCUT2D eigenvalue weighted by Crippen LogP contribution is -2.23. The Morgan fingerprint density at radius 3 is 2.86 bits per heavy atom. The summed E-state index contributed by atoms with van der Waals surface area (Å²) in [6, 6.07) is 6.36. The summed E-state index contributed by atoms with van der Waals surface area (Å²) in [5.41, 5.74) is 0. The number of rotatable bonds is 5. The zero-order valence-corrected chi connectivity index (χ0v) is 10.6. The van der Waals surface area contributed by atoms with Crippen LogP contribution in [0.4, 0.5) is 0 Å². The Morgan fingerprint density at radius 2 is 2.36 bits per heavy atom. The summed E-state index contributed by atoms with van der Waals surface area (Å²) < 4.78 is 1.15. The first kappa shape index (κ1) is 11.7. The molecule has 14 heavy (non-hydrogen) atoms. The van der Waals surface area contributed by atoms with E-state index in [-0.39, 0.29) is 0 Å². The van der Waals surface area contributed by atoms with Gasteiger partial charge in [-0.05, 0) is 41.0 Å². The normalized spacial score (nSPS) is 10.4. The van der Waals surface area contributed by atoms with Crippen molar-refractivity contribution in [3.05, 3.63) is 20.8 Å². The van der Waals surface area contributed by atoms with Crippen molar-refractivity contribution in [1.29, 1.82) is 5.26 Å². The first-order valence-electron chi connectivity index (χ1n) is 4.59. The second-order valence-corrected chi connectivity index (χ2v) is 5.62. The molecule has 0 spiro atoms. The third-order valence-corrected chi connectivity index (χ3v) is 3.45. The van der Waals surface area contributed by atoms with Gasteiger partial charge in [-0.25, -0.2) is 0 Å². The molecule has 0 bridgehead atoms. The smallest absolute Gasteiger partial charge is 0.0869 e. The second kappa shape index (κ2) is 6.18. The predicted octanol–water partition coefficient (Wildman–Crippen LogP) is 3.25. The van der Waals surface area contributed by atoms with Crippen molar-refractivity contribution in [2.45, 2.75) is 19.9 Å². The van der Waals surface area contributed by atoms with Gasteiger partial charge in [-0.2, -0.15) is 5.26 Å². The molecule has 0 fully saturated rings. The summed E-state index contributed by atoms with van der Waals surface area (Å²) in [6.07, 6.45) is 1.09. The molecular weight excluding hydrogens is 260 g/mol. The third-order valence-electron chi connectivity index (χ3n) is 1.84. The molecule has 0 amide bonds. The number of halogens is 1. The topological polar surface area (TPSA) is 27.0 Å². The first-order valence-corrected chi connectivity index (χ1v) is 6.20. The Bertz CT molecular complexity index is 316. The van der Waals surface area contributed by atoms with Gasteiger partial charge >= 0.3 is 0 Å². The summed E-state index contributed by atoms with van der Waals surface area (Å²) in [6.45, 7) is 4.53. The molecule has 0 atom stereocenters. The van der Waals surface area contributed by atoms with Gasteiger partial charge in [0.1, 0.15) is 0 Å². The van der Waals surface area contributed by atoms with E-state index in [1.807, 2.05) is 0 Å². The zero-order chi connectivity index (χ0) is 10.4. The fourth-order valence-corrected chi connectivity index (χ4v) is 2.81. The minimum Gasteiger partial charge on any atom is -0.285 e. The van der Waals surface area contributed by atoms with Crippen LogP contribution in [0.3, 0.4) is 0 Å². The molecule has 0 radical (unpaired) electrons. The minimum atomic E-state index is 0.517. The molecule has 1 aromatic heterocycles. The van der Waals surface area contributed by atoms with Gasteiger partial charge in [0.05, 0.1) is 16.4 Å². The van der Waals surface area contributed by atoms with Gasteiger partial charge < -0.3 is 0 Å². The van der Waals surface area contributed by atoms with Crippen LogP contribution in [0, 0.1) is 11.3 Å². The molecule has 1 rings (SSSR count). The number of nitriles is 1. The fraction of sp³-hybridized carbons (Fsp3) is 0.500. The molecule has 0 aliphatic carbocycles. The highest BCUT2D eigenvalue weighted by atomic mass is 79.9. The van der Waals surface area contributed by atoms with Gasteiger partial charge in [0, 0.05) is 11.4 Å². The number of hydrogen-bond acceptors (Lipinski definition) is 3. The maximum atomic E-state index is 8.65. The lowest BCUT2D eigenvalue weighted by molar-refractivity contribution is 0.301. The van der Waals surface area contributed by atoms with Crippen molar-refractivity contribution >= 4 is 27.3 Å². The highest BCUT2D eigenvalue weighted by Gasteiger charge is 2.05. The predicted molar refractivity (Wildman–Crippen MR) is 63.2 cm³/mol. The van der Waals surface area contributed by atoms with Crippen molar-refractivity contribution in [1.82, 2.24) is 4.90 Å². The molecular formula is C10H13BrN2S. The average Bonchev–Trinajstić information content (AvgIpc) is 2.52. The number of thiophene rings is 1. The van der Waals surface area contributed by atoms with Crippen LogP contribution in [0.2, 0.25) is 0 Å². The Labute approximate surface area is 97.3 Å². The van der Waals surface area contributed by atoms with Gasteiger partial charge in [0.2, 0.25) is 0 Å². The van der Waals surface area contributed by atoms with E-state index in [9.17, 15) is 0 Å². The summed E-state index contributed by atoms with van der Waals surface area (Å²) in [5, 5.41) is 8.65. The molecule has 0 saturated carbocycles. The minimum absolute atomic E-state index is 0.517. The lowest BCUT2D eigenvalue weighted by atomic mass is 10.3. The van der Waals surface area contributed by atoms with Crippen LogP contribution in [0.1, 0.15) is 18.2 Å². The molecule has 4 heteroatoms. The van der Waals surface area contributed by atoms with Crippen LogP contribution in [0.15, 0.2) is 15.9 Å². The molecule has 2 nitrogen and oxygen atoms in total. The molecule has 76 valence electrons. The summed E-state index contributed by atoms with van der Waals surface area (Å²) in [4.78, 5) is 3.47. The molecule has 0 aliphatic rings. The second-order valence-electron chi connectivity index (χ2n) is 3.07. The summed E-state index contributed by atoms with van der Waals surface area (Å²) >= 11 is 5.17. The van der Waals surface area contributed by atoms with Gasteiger partial charge in [-0.3, -0.25) is 4.90 Å². The van der Waals surface area contributed by atoms with Crippen LogP contribution in [0.5, 0.6) is 0 Å². The maximum Gasteiger partial charge on any atom is 0.0869 e. The number of hydrogen-bond donors (Lipinski definition) is 0. The van der Waals surface area contributed by atoms with Crippen LogP contribution in [-0.2, 0) is 6.54 Å². The van der Waals surface area contributed by atoms with E-state index in [0.717, 1.165) is 23.3 Å². The van der Waals surface area contributed by atoms with Crippen LogP contribution in [-0.4, -0.2) is 18.0 Å². The van der Waals surface area contributed by atoms with E-state index in [0.29, 0.717) is 6.54 Å². The third kappa shape index (κ3) is 3.79. The van der Waals surface area contributed by atoms with Crippen molar-refractivity contribution in [2.24, 2.45) is 0 Å². The Morgan fingerprint density at radius 1 is 1.57 bits per heavy atom. The van der Waals surface area contributed by atoms with Crippen molar-refractivity contribution in [2.75, 3.05) is 13.1 Å². The molecule has 0 N–H and O–H groups in total. The van der Waals surface area contributed by atoms with E-state index < -0.39 is 0 Å². The van der Waals surface area contributed by atoms with Gasteiger partial charge in [-0.15, -0.1) is 11.3 Å². The lowest BCUT2D eigenvalue weighted by Gasteiger charge is -2.16. The molecule has 1 heterocycles. The van der Waals surface area contributed by atoms with Crippen LogP contribution >= 0.6 is 27.3 Å². The molecule has 1 aromatic rings. The summed E-state index contributed by atoms with van der Waals surface area (Å²) in [5.74, 6) is 0. The highest BCUT2D eigenvalue weighted by Crippen LogP contribution is 2.23. The van der Waals surface area contributed by atoms with Gasteiger partial charge in [0.15, 0.2) is 0 Å². The standard InChI is InChI=1S/C10H13BrN2S/c1-2-6-13(7-5-12)8-9-3-4-10(11)14-9/h3-4H,2,6-8H2,1H3. The molecule has 0 aromatic carbocycles. The van der Waals surface area contributed by atoms with E-state index in [1.54, 1.807) is 11.3 Å². The van der Waals surface area contributed by atoms with Crippen molar-refractivity contribution in [3.63, 3.8) is 0 Å². The number of nitrogens with zero attached hydrogens (tertiary/aromatic N) is 2. The fourth-order valence-electron chi connectivity index (χ4n) is 1.29. The van der Waals surface area contributed by atoms with Crippen molar-refractivity contribution in [3.8, 4) is 6.07 Å². The van der Waals surface area contributed by atoms with Crippen LogP contribution in [0.25, 0.3) is 0 Å². The Balaban J connectivity index is 2.51. The average molecular weight is 273 g/mol. The van der Waals surface area contributed by atoms with E-state index in [4.69, 9.17) is 5.26 Å². The maximum absolute atomic E-state index is 8.65. The Kier molecular flexibility index (Phi) is 5.16. The molecule has 0 saturated heterocycles. The molecule has 0 unspecified atom stereocenters. The largest absolute Gasteiger partial charge is 0.285 e. The quantitative estimate of drug-likeness (QED) is 0.770. The van der Waals surface area contributed by atoms with Gasteiger partial charge in [0.25, 0.3) is 0 Å². The van der Waals surface area contributed by atoms with Crippen LogP contribution < -0.4 is 0 Å². The summed E-state index contributed by atoms with van der Waals surface area (Å²) in [7, 11) is 0. The van der Waals surface area contributed by atoms with E-state index in [1.165, 1.54) is 4.88 Å². The van der Waals surface area contributed by atoms with Gasteiger partial charge in [-0.1, -0.05) is 6.92 Å².